The number of hydrogen-bond donors (Lipinski definition) is 0. The standard InChI is InChI=1S/C24H24F4N6O2/c1-14(25)23(35)33-12-17(13-33)34-22-19(32-10-16(11-32)31(2)3)8-9-29-21(22)20(30-34)15-4-6-18(7-5-15)36-24(26,27)28/h4-9,16-17H,1,10-13H2,2-3H3. The van der Waals surface area contributed by atoms with Gasteiger partial charge >= 0.3 is 6.36 Å². The summed E-state index contributed by atoms with van der Waals surface area (Å²) >= 11 is 0. The summed E-state index contributed by atoms with van der Waals surface area (Å²) in [6.07, 6.45) is -3.10. The third-order valence-corrected chi connectivity index (χ3v) is 6.59. The van der Waals surface area contributed by atoms with Gasteiger partial charge in [0.05, 0.1) is 11.7 Å². The van der Waals surface area contributed by atoms with Gasteiger partial charge in [0, 0.05) is 44.0 Å². The van der Waals surface area contributed by atoms with E-state index in [-0.39, 0.29) is 24.9 Å². The number of fused-ring (bicyclic) bond motifs is 1. The minimum Gasteiger partial charge on any atom is -0.406 e. The SMILES string of the molecule is C=C(F)C(=O)N1CC(n2nc(-c3ccc(OC(F)(F)F)cc3)c3nccc(N4CC(N(C)C)C4)c32)C1. The molecular formula is C24H24F4N6O2. The van der Waals surface area contributed by atoms with E-state index >= 15 is 0 Å². The van der Waals surface area contributed by atoms with Crippen LogP contribution in [0, 0.1) is 0 Å². The van der Waals surface area contributed by atoms with Gasteiger partial charge in [-0.05, 0) is 44.4 Å². The molecular weight excluding hydrogens is 480 g/mol. The minimum atomic E-state index is -4.79. The Morgan fingerprint density at radius 3 is 2.36 bits per heavy atom. The molecule has 12 heteroatoms. The van der Waals surface area contributed by atoms with E-state index in [1.54, 1.807) is 10.9 Å². The van der Waals surface area contributed by atoms with Crippen molar-refractivity contribution in [3.05, 3.63) is 48.9 Å². The van der Waals surface area contributed by atoms with Crippen molar-refractivity contribution < 1.29 is 27.1 Å². The third-order valence-electron chi connectivity index (χ3n) is 6.59. The van der Waals surface area contributed by atoms with Crippen molar-refractivity contribution in [3.8, 4) is 17.0 Å². The number of rotatable bonds is 6. The van der Waals surface area contributed by atoms with Gasteiger partial charge in [0.2, 0.25) is 0 Å². The number of pyridine rings is 1. The third kappa shape index (κ3) is 4.36. The maximum atomic E-state index is 13.3. The average Bonchev–Trinajstić information content (AvgIpc) is 3.11. The normalized spacial score (nSPS) is 16.9. The highest BCUT2D eigenvalue weighted by Gasteiger charge is 2.37. The second-order valence-corrected chi connectivity index (χ2v) is 9.18. The summed E-state index contributed by atoms with van der Waals surface area (Å²) in [6, 6.07) is 7.54. The zero-order valence-electron chi connectivity index (χ0n) is 19.7. The summed E-state index contributed by atoms with van der Waals surface area (Å²) in [4.78, 5) is 22.2. The average molecular weight is 504 g/mol. The monoisotopic (exact) mass is 504 g/mol. The fourth-order valence-corrected chi connectivity index (χ4v) is 4.50. The molecule has 0 saturated carbocycles. The van der Waals surface area contributed by atoms with Crippen molar-refractivity contribution in [1.82, 2.24) is 24.6 Å². The molecule has 0 radical (unpaired) electrons. The number of ether oxygens (including phenoxy) is 1. The Hall–Kier alpha value is -3.67. The molecule has 2 saturated heterocycles. The first kappa shape index (κ1) is 24.0. The number of anilines is 1. The summed E-state index contributed by atoms with van der Waals surface area (Å²) in [7, 11) is 4.05. The molecule has 0 aliphatic carbocycles. The summed E-state index contributed by atoms with van der Waals surface area (Å²) in [5, 5.41) is 4.78. The predicted octanol–water partition coefficient (Wildman–Crippen LogP) is 3.61. The molecule has 2 aromatic heterocycles. The molecule has 1 aromatic carbocycles. The van der Waals surface area contributed by atoms with E-state index in [2.05, 4.69) is 26.1 Å². The Morgan fingerprint density at radius 1 is 1.11 bits per heavy atom. The van der Waals surface area contributed by atoms with E-state index in [9.17, 15) is 22.4 Å². The number of carbonyl (C=O) groups excluding carboxylic acids is 1. The molecule has 3 aromatic rings. The lowest BCUT2D eigenvalue weighted by Gasteiger charge is -2.45. The Balaban J connectivity index is 1.53. The second-order valence-electron chi connectivity index (χ2n) is 9.18. The zero-order chi connectivity index (χ0) is 25.8. The Bertz CT molecular complexity index is 1310. The molecule has 8 nitrogen and oxygen atoms in total. The lowest BCUT2D eigenvalue weighted by atomic mass is 10.0. The van der Waals surface area contributed by atoms with Gasteiger partial charge in [-0.3, -0.25) is 14.5 Å². The van der Waals surface area contributed by atoms with Crippen LogP contribution >= 0.6 is 0 Å². The Labute approximate surface area is 204 Å². The van der Waals surface area contributed by atoms with Crippen LogP contribution in [0.3, 0.4) is 0 Å². The van der Waals surface area contributed by atoms with E-state index < -0.39 is 18.1 Å². The van der Waals surface area contributed by atoms with Crippen LogP contribution in [0.15, 0.2) is 48.9 Å². The highest BCUT2D eigenvalue weighted by atomic mass is 19.4. The van der Waals surface area contributed by atoms with Gasteiger partial charge in [-0.25, -0.2) is 4.39 Å². The maximum absolute atomic E-state index is 13.3. The molecule has 0 unspecified atom stereocenters. The molecule has 36 heavy (non-hydrogen) atoms. The fraction of sp³-hybridized carbons (Fsp3) is 0.375. The minimum absolute atomic E-state index is 0.216. The second kappa shape index (κ2) is 8.77. The van der Waals surface area contributed by atoms with Crippen molar-refractivity contribution in [2.75, 3.05) is 45.2 Å². The smallest absolute Gasteiger partial charge is 0.406 e. The number of benzene rings is 1. The molecule has 5 rings (SSSR count). The molecule has 2 aliphatic heterocycles. The van der Waals surface area contributed by atoms with Crippen molar-refractivity contribution in [1.29, 1.82) is 0 Å². The summed E-state index contributed by atoms with van der Waals surface area (Å²) in [5.41, 5.74) is 3.34. The molecule has 2 fully saturated rings. The van der Waals surface area contributed by atoms with Crippen LogP contribution in [0.2, 0.25) is 0 Å². The van der Waals surface area contributed by atoms with Crippen molar-refractivity contribution >= 4 is 22.6 Å². The molecule has 0 bridgehead atoms. The van der Waals surface area contributed by atoms with E-state index in [0.717, 1.165) is 24.3 Å². The van der Waals surface area contributed by atoms with Gasteiger partial charge in [0.25, 0.3) is 5.91 Å². The highest BCUT2D eigenvalue weighted by Crippen LogP contribution is 2.38. The van der Waals surface area contributed by atoms with Crippen LogP contribution in [0.25, 0.3) is 22.3 Å². The van der Waals surface area contributed by atoms with Gasteiger partial charge < -0.3 is 19.4 Å². The van der Waals surface area contributed by atoms with Crippen molar-refractivity contribution in [3.63, 3.8) is 0 Å². The number of alkyl halides is 3. The number of aromatic nitrogens is 3. The van der Waals surface area contributed by atoms with E-state index in [1.165, 1.54) is 29.2 Å². The summed E-state index contributed by atoms with van der Waals surface area (Å²) in [6.45, 7) is 5.21. The number of halogens is 4. The van der Waals surface area contributed by atoms with Crippen LogP contribution in [-0.4, -0.2) is 83.2 Å². The number of amides is 1. The first-order valence-corrected chi connectivity index (χ1v) is 11.3. The number of carbonyl (C=O) groups is 1. The van der Waals surface area contributed by atoms with Gasteiger partial charge in [0.15, 0.2) is 5.83 Å². The van der Waals surface area contributed by atoms with Gasteiger partial charge in [-0.2, -0.15) is 5.10 Å². The number of nitrogens with zero attached hydrogens (tertiary/aromatic N) is 6. The first-order chi connectivity index (χ1) is 17.0. The topological polar surface area (TPSA) is 66.7 Å². The molecule has 1 amide bonds. The first-order valence-electron chi connectivity index (χ1n) is 11.3. The Morgan fingerprint density at radius 2 is 1.78 bits per heavy atom. The largest absolute Gasteiger partial charge is 0.573 e. The van der Waals surface area contributed by atoms with Crippen LogP contribution in [0.5, 0.6) is 5.75 Å². The van der Waals surface area contributed by atoms with Crippen LogP contribution in [-0.2, 0) is 4.79 Å². The molecule has 190 valence electrons. The van der Waals surface area contributed by atoms with Gasteiger partial charge in [0.1, 0.15) is 22.5 Å². The number of likely N-dealkylation sites (N-methyl/N-ethyl adjacent to an activating group) is 1. The highest BCUT2D eigenvalue weighted by molar-refractivity contribution is 5.98. The van der Waals surface area contributed by atoms with E-state index in [1.807, 2.05) is 20.2 Å². The maximum Gasteiger partial charge on any atom is 0.573 e. The van der Waals surface area contributed by atoms with Crippen molar-refractivity contribution in [2.24, 2.45) is 0 Å². The van der Waals surface area contributed by atoms with E-state index in [4.69, 9.17) is 5.10 Å². The van der Waals surface area contributed by atoms with Crippen LogP contribution < -0.4 is 9.64 Å². The van der Waals surface area contributed by atoms with Crippen LogP contribution in [0.1, 0.15) is 6.04 Å². The molecule has 0 N–H and O–H groups in total. The Kier molecular flexibility index (Phi) is 5.86. The molecule has 4 heterocycles. The summed E-state index contributed by atoms with van der Waals surface area (Å²) < 4.78 is 56.8. The van der Waals surface area contributed by atoms with Gasteiger partial charge in [-0.1, -0.05) is 6.58 Å². The molecule has 0 spiro atoms. The zero-order valence-corrected chi connectivity index (χ0v) is 19.7. The number of likely N-dealkylation sites (tertiary alicyclic amines) is 1. The van der Waals surface area contributed by atoms with Crippen molar-refractivity contribution in [2.45, 2.75) is 18.4 Å². The molecule has 2 aliphatic rings. The lowest BCUT2D eigenvalue weighted by molar-refractivity contribution is -0.274. The predicted molar refractivity (Wildman–Crippen MR) is 125 cm³/mol. The van der Waals surface area contributed by atoms with E-state index in [0.29, 0.717) is 22.8 Å². The van der Waals surface area contributed by atoms with Crippen LogP contribution in [0.4, 0.5) is 23.2 Å². The quantitative estimate of drug-likeness (QED) is 0.378. The fourth-order valence-electron chi connectivity index (χ4n) is 4.50. The lowest BCUT2D eigenvalue weighted by Crippen LogP contribution is -2.57. The molecule has 0 atom stereocenters. The number of hydrogen-bond acceptors (Lipinski definition) is 6. The van der Waals surface area contributed by atoms with Gasteiger partial charge in [-0.15, -0.1) is 13.2 Å². The summed E-state index contributed by atoms with van der Waals surface area (Å²) in [5.74, 6) is -2.10.